The van der Waals surface area contributed by atoms with Crippen molar-refractivity contribution in [3.8, 4) is 10.6 Å². The third kappa shape index (κ3) is 2.45. The van der Waals surface area contributed by atoms with E-state index < -0.39 is 0 Å². The molecule has 0 saturated carbocycles. The molecule has 8 heteroatoms. The van der Waals surface area contributed by atoms with Crippen molar-refractivity contribution < 1.29 is 0 Å². The van der Waals surface area contributed by atoms with Crippen molar-refractivity contribution in [2.45, 2.75) is 5.75 Å². The fourth-order valence-electron chi connectivity index (χ4n) is 1.65. The summed E-state index contributed by atoms with van der Waals surface area (Å²) < 4.78 is 1.77. The van der Waals surface area contributed by atoms with Gasteiger partial charge in [-0.1, -0.05) is 34.5 Å². The zero-order valence-electron chi connectivity index (χ0n) is 9.80. The van der Waals surface area contributed by atoms with E-state index in [9.17, 15) is 0 Å². The molecule has 0 aliphatic rings. The minimum Gasteiger partial charge on any atom is -0.186 e. The van der Waals surface area contributed by atoms with Crippen LogP contribution in [-0.2, 0) is 5.75 Å². The highest BCUT2D eigenvalue weighted by atomic mass is 35.5. The summed E-state index contributed by atoms with van der Waals surface area (Å²) in [7, 11) is 0. The number of halogens is 2. The van der Waals surface area contributed by atoms with Crippen molar-refractivity contribution in [2.24, 2.45) is 0 Å². The summed E-state index contributed by atoms with van der Waals surface area (Å²) in [5, 5.41) is 14.8. The van der Waals surface area contributed by atoms with E-state index in [4.69, 9.17) is 23.2 Å². The Morgan fingerprint density at radius 2 is 2.16 bits per heavy atom. The number of benzene rings is 1. The number of thioether (sulfide) groups is 1. The van der Waals surface area contributed by atoms with Gasteiger partial charge in [-0.3, -0.25) is 0 Å². The van der Waals surface area contributed by atoms with Crippen molar-refractivity contribution in [2.75, 3.05) is 6.26 Å². The highest BCUT2D eigenvalue weighted by Crippen LogP contribution is 2.33. The first kappa shape index (κ1) is 13.2. The summed E-state index contributed by atoms with van der Waals surface area (Å²) in [6, 6.07) is 5.38. The van der Waals surface area contributed by atoms with Gasteiger partial charge in [0.05, 0.1) is 10.8 Å². The molecular weight excluding hydrogens is 323 g/mol. The predicted molar refractivity (Wildman–Crippen MR) is 81.3 cm³/mol. The van der Waals surface area contributed by atoms with Gasteiger partial charge in [0.15, 0.2) is 5.82 Å². The summed E-state index contributed by atoms with van der Waals surface area (Å²) in [4.78, 5) is 0.769. The fraction of sp³-hybridized carbons (Fsp3) is 0.182. The molecule has 0 radical (unpaired) electrons. The molecule has 1 aromatic carbocycles. The quantitative estimate of drug-likeness (QED) is 0.727. The maximum absolute atomic E-state index is 6.19. The van der Waals surface area contributed by atoms with Gasteiger partial charge in [0.2, 0.25) is 4.96 Å². The van der Waals surface area contributed by atoms with Crippen LogP contribution in [0.25, 0.3) is 15.5 Å². The molecule has 3 aromatic rings. The first-order valence-corrected chi connectivity index (χ1v) is 8.31. The molecule has 19 heavy (non-hydrogen) atoms. The van der Waals surface area contributed by atoms with E-state index in [1.54, 1.807) is 28.4 Å². The van der Waals surface area contributed by atoms with Gasteiger partial charge in [-0.25, -0.2) is 0 Å². The normalized spacial score (nSPS) is 11.3. The van der Waals surface area contributed by atoms with Crippen LogP contribution in [0.2, 0.25) is 10.0 Å². The first-order valence-electron chi connectivity index (χ1n) is 5.34. The number of aromatic nitrogens is 4. The Morgan fingerprint density at radius 3 is 2.89 bits per heavy atom. The maximum atomic E-state index is 6.19. The van der Waals surface area contributed by atoms with Crippen molar-refractivity contribution in [3.63, 3.8) is 0 Å². The second-order valence-electron chi connectivity index (χ2n) is 3.78. The van der Waals surface area contributed by atoms with Crippen LogP contribution in [0.5, 0.6) is 0 Å². The summed E-state index contributed by atoms with van der Waals surface area (Å²) in [5.74, 6) is 1.62. The third-order valence-corrected chi connectivity index (χ3v) is 4.52. The van der Waals surface area contributed by atoms with Crippen molar-refractivity contribution in [1.29, 1.82) is 0 Å². The SMILES string of the molecule is CSCc1nnc2sc(-c3ccc(Cl)cc3Cl)nn12. The molecular formula is C11H8Cl2N4S2. The molecule has 0 saturated heterocycles. The number of hydrogen-bond donors (Lipinski definition) is 0. The second kappa shape index (κ2) is 5.28. The van der Waals surface area contributed by atoms with Gasteiger partial charge in [0.1, 0.15) is 5.01 Å². The van der Waals surface area contributed by atoms with Crippen LogP contribution in [0.3, 0.4) is 0 Å². The first-order chi connectivity index (χ1) is 9.19. The zero-order valence-corrected chi connectivity index (χ0v) is 12.9. The smallest absolute Gasteiger partial charge is 0.186 e. The van der Waals surface area contributed by atoms with E-state index in [2.05, 4.69) is 15.3 Å². The number of nitrogens with zero attached hydrogens (tertiary/aromatic N) is 4. The summed E-state index contributed by atoms with van der Waals surface area (Å²) in [6.07, 6.45) is 2.02. The summed E-state index contributed by atoms with van der Waals surface area (Å²) in [6.45, 7) is 0. The lowest BCUT2D eigenvalue weighted by Crippen LogP contribution is -1.93. The lowest BCUT2D eigenvalue weighted by Gasteiger charge is -1.99. The van der Waals surface area contributed by atoms with Gasteiger partial charge < -0.3 is 0 Å². The van der Waals surface area contributed by atoms with Gasteiger partial charge in [0, 0.05) is 10.6 Å². The Balaban J connectivity index is 2.10. The molecule has 0 N–H and O–H groups in total. The topological polar surface area (TPSA) is 43.1 Å². The van der Waals surface area contributed by atoms with Crippen molar-refractivity contribution in [3.05, 3.63) is 34.1 Å². The zero-order chi connectivity index (χ0) is 13.4. The molecule has 3 rings (SSSR count). The van der Waals surface area contributed by atoms with Crippen molar-refractivity contribution in [1.82, 2.24) is 19.8 Å². The highest BCUT2D eigenvalue weighted by molar-refractivity contribution is 7.97. The summed E-state index contributed by atoms with van der Waals surface area (Å²) >= 11 is 15.2. The standard InChI is InChI=1S/C11H8Cl2N4S2/c1-18-5-9-14-15-11-17(9)16-10(19-11)7-3-2-6(12)4-8(7)13/h2-4H,5H2,1H3. The van der Waals surface area contributed by atoms with E-state index in [0.29, 0.717) is 10.0 Å². The molecule has 0 fully saturated rings. The molecule has 4 nitrogen and oxygen atoms in total. The van der Waals surface area contributed by atoms with Crippen LogP contribution in [0.1, 0.15) is 5.82 Å². The highest BCUT2D eigenvalue weighted by Gasteiger charge is 2.14. The summed E-state index contributed by atoms with van der Waals surface area (Å²) in [5.41, 5.74) is 0.858. The number of fused-ring (bicyclic) bond motifs is 1. The van der Waals surface area contributed by atoms with Crippen molar-refractivity contribution >= 4 is 51.3 Å². The number of hydrogen-bond acceptors (Lipinski definition) is 5. The van der Waals surface area contributed by atoms with E-state index in [1.165, 1.54) is 11.3 Å². The van der Waals surface area contributed by atoms with Gasteiger partial charge >= 0.3 is 0 Å². The molecule has 0 amide bonds. The largest absolute Gasteiger partial charge is 0.235 e. The van der Waals surface area contributed by atoms with Crippen LogP contribution in [0, 0.1) is 0 Å². The predicted octanol–water partition coefficient (Wildman–Crippen LogP) is 4.02. The maximum Gasteiger partial charge on any atom is 0.235 e. The molecule has 0 aliphatic carbocycles. The fourth-order valence-corrected chi connectivity index (χ4v) is 3.54. The van der Waals surface area contributed by atoms with Gasteiger partial charge in [-0.15, -0.1) is 10.2 Å². The molecule has 0 aliphatic heterocycles. The van der Waals surface area contributed by atoms with Crippen LogP contribution in [-0.4, -0.2) is 26.1 Å². The van der Waals surface area contributed by atoms with Crippen LogP contribution < -0.4 is 0 Å². The molecule has 0 spiro atoms. The van der Waals surface area contributed by atoms with Gasteiger partial charge in [0.25, 0.3) is 0 Å². The Kier molecular flexibility index (Phi) is 3.66. The van der Waals surface area contributed by atoms with Gasteiger partial charge in [-0.05, 0) is 24.5 Å². The molecule has 2 aromatic heterocycles. The Morgan fingerprint density at radius 1 is 1.32 bits per heavy atom. The lowest BCUT2D eigenvalue weighted by molar-refractivity contribution is 0.888. The lowest BCUT2D eigenvalue weighted by atomic mass is 10.2. The van der Waals surface area contributed by atoms with E-state index in [0.717, 1.165) is 27.1 Å². The van der Waals surface area contributed by atoms with E-state index in [1.807, 2.05) is 12.3 Å². The molecule has 2 heterocycles. The van der Waals surface area contributed by atoms with E-state index in [-0.39, 0.29) is 0 Å². The minimum atomic E-state index is 0.587. The van der Waals surface area contributed by atoms with Gasteiger partial charge in [-0.2, -0.15) is 21.4 Å². The van der Waals surface area contributed by atoms with Crippen LogP contribution in [0.15, 0.2) is 18.2 Å². The molecule has 0 bridgehead atoms. The molecule has 0 atom stereocenters. The average Bonchev–Trinajstić information content (AvgIpc) is 2.91. The Bertz CT molecular complexity index is 737. The Hall–Kier alpha value is -0.820. The molecule has 98 valence electrons. The van der Waals surface area contributed by atoms with E-state index >= 15 is 0 Å². The molecule has 0 unspecified atom stereocenters. The Labute approximate surface area is 127 Å². The van der Waals surface area contributed by atoms with Crippen LogP contribution >= 0.6 is 46.3 Å². The third-order valence-electron chi connectivity index (χ3n) is 2.49. The minimum absolute atomic E-state index is 0.587. The number of rotatable bonds is 3. The second-order valence-corrected chi connectivity index (χ2v) is 6.44. The average molecular weight is 331 g/mol. The monoisotopic (exact) mass is 330 g/mol. The van der Waals surface area contributed by atoms with Crippen LogP contribution in [0.4, 0.5) is 0 Å².